The fourth-order valence-electron chi connectivity index (χ4n) is 5.10. The number of hydrogen-bond donors (Lipinski definition) is 1. The van der Waals surface area contributed by atoms with Gasteiger partial charge >= 0.3 is 0 Å². The Morgan fingerprint density at radius 1 is 0.971 bits per heavy atom. The van der Waals surface area contributed by atoms with Gasteiger partial charge in [-0.05, 0) is 69.0 Å². The lowest BCUT2D eigenvalue weighted by Gasteiger charge is -2.31. The van der Waals surface area contributed by atoms with Crippen LogP contribution in [0.5, 0.6) is 5.75 Å². The molecule has 0 spiro atoms. The van der Waals surface area contributed by atoms with Crippen molar-refractivity contribution in [3.8, 4) is 5.75 Å². The quantitative estimate of drug-likeness (QED) is 0.376. The first-order chi connectivity index (χ1) is 17.1. The summed E-state index contributed by atoms with van der Waals surface area (Å²) >= 11 is 0. The minimum absolute atomic E-state index is 0.100. The van der Waals surface area contributed by atoms with E-state index in [9.17, 15) is 9.59 Å². The van der Waals surface area contributed by atoms with Gasteiger partial charge in [0.15, 0.2) is 0 Å². The van der Waals surface area contributed by atoms with Gasteiger partial charge in [-0.25, -0.2) is 0 Å². The summed E-state index contributed by atoms with van der Waals surface area (Å²) in [5.74, 6) is 1.75. The Labute approximate surface area is 211 Å². The molecular weight excluding hydrogens is 438 g/mol. The van der Waals surface area contributed by atoms with Gasteiger partial charge in [0.1, 0.15) is 5.75 Å². The van der Waals surface area contributed by atoms with E-state index in [2.05, 4.69) is 28.6 Å². The summed E-state index contributed by atoms with van der Waals surface area (Å²) < 4.78 is 5.92. The Morgan fingerprint density at radius 2 is 1.71 bits per heavy atom. The van der Waals surface area contributed by atoms with Gasteiger partial charge in [0.25, 0.3) is 0 Å². The number of hydrogen-bond acceptors (Lipinski definition) is 4. The molecule has 6 nitrogen and oxygen atoms in total. The molecule has 1 aromatic heterocycles. The predicted molar refractivity (Wildman–Crippen MR) is 144 cm³/mol. The van der Waals surface area contributed by atoms with Crippen LogP contribution in [0.3, 0.4) is 0 Å². The number of rotatable bonds is 13. The maximum Gasteiger partial charge on any atom is 0.248 e. The van der Waals surface area contributed by atoms with Gasteiger partial charge in [-0.3, -0.25) is 9.59 Å². The average molecular weight is 484 g/mol. The Kier molecular flexibility index (Phi) is 11.6. The Balaban J connectivity index is 1.46. The fraction of sp³-hybridized carbons (Fsp3) is 0.655. The molecule has 2 aromatic rings. The van der Waals surface area contributed by atoms with Crippen molar-refractivity contribution in [2.45, 2.75) is 78.1 Å². The van der Waals surface area contributed by atoms with E-state index in [-0.39, 0.29) is 5.56 Å². The summed E-state index contributed by atoms with van der Waals surface area (Å²) in [4.78, 5) is 32.0. The van der Waals surface area contributed by atoms with Crippen LogP contribution in [0.2, 0.25) is 0 Å². The number of aromatic amines is 1. The van der Waals surface area contributed by atoms with Crippen molar-refractivity contribution in [1.82, 2.24) is 14.8 Å². The SMILES string of the molecule is CCN(CC)CCN(CC1CCCCCCC1)C(=O)CCCCOc1ccc2[nH]c(=O)ccc2c1. The third-order valence-electron chi connectivity index (χ3n) is 7.39. The lowest BCUT2D eigenvalue weighted by Crippen LogP contribution is -2.41. The molecule has 6 heteroatoms. The van der Waals surface area contributed by atoms with E-state index in [1.54, 1.807) is 0 Å². The van der Waals surface area contributed by atoms with Crippen LogP contribution < -0.4 is 10.3 Å². The van der Waals surface area contributed by atoms with E-state index in [1.807, 2.05) is 24.3 Å². The number of carbonyl (C=O) groups excluding carboxylic acids is 1. The van der Waals surface area contributed by atoms with Gasteiger partial charge in [-0.1, -0.05) is 46.0 Å². The minimum Gasteiger partial charge on any atom is -0.494 e. The molecule has 0 aliphatic heterocycles. The largest absolute Gasteiger partial charge is 0.494 e. The molecule has 35 heavy (non-hydrogen) atoms. The van der Waals surface area contributed by atoms with Crippen molar-refractivity contribution in [1.29, 1.82) is 0 Å². The number of carbonyl (C=O) groups is 1. The molecule has 1 aliphatic rings. The number of aromatic nitrogens is 1. The summed E-state index contributed by atoms with van der Waals surface area (Å²) in [7, 11) is 0. The molecule has 1 fully saturated rings. The van der Waals surface area contributed by atoms with Crippen LogP contribution in [0.25, 0.3) is 10.9 Å². The zero-order chi connectivity index (χ0) is 24.9. The lowest BCUT2D eigenvalue weighted by molar-refractivity contribution is -0.132. The third-order valence-corrected chi connectivity index (χ3v) is 7.39. The number of likely N-dealkylation sites (N-methyl/N-ethyl adjacent to an activating group) is 1. The lowest BCUT2D eigenvalue weighted by atomic mass is 9.90. The summed E-state index contributed by atoms with van der Waals surface area (Å²) in [5, 5.41) is 0.954. The summed E-state index contributed by atoms with van der Waals surface area (Å²) in [5.41, 5.74) is 0.709. The molecule has 0 radical (unpaired) electrons. The second-order valence-electron chi connectivity index (χ2n) is 9.95. The zero-order valence-electron chi connectivity index (χ0n) is 21.9. The number of unbranched alkanes of at least 4 members (excludes halogenated alkanes) is 1. The second kappa shape index (κ2) is 14.9. The summed E-state index contributed by atoms with van der Waals surface area (Å²) in [6.07, 6.45) is 11.5. The number of benzene rings is 1. The number of pyridine rings is 1. The molecular formula is C29H45N3O3. The number of fused-ring (bicyclic) bond motifs is 1. The maximum atomic E-state index is 13.2. The molecule has 1 N–H and O–H groups in total. The van der Waals surface area contributed by atoms with Crippen LogP contribution in [-0.4, -0.2) is 60.0 Å². The third kappa shape index (κ3) is 9.32. The zero-order valence-corrected chi connectivity index (χ0v) is 21.9. The molecule has 1 aliphatic carbocycles. The fourth-order valence-corrected chi connectivity index (χ4v) is 5.10. The van der Waals surface area contributed by atoms with Gasteiger partial charge in [0, 0.05) is 43.0 Å². The number of H-pyrrole nitrogens is 1. The number of amides is 1. The smallest absolute Gasteiger partial charge is 0.248 e. The summed E-state index contributed by atoms with van der Waals surface area (Å²) in [6.45, 7) is 9.77. The van der Waals surface area contributed by atoms with E-state index >= 15 is 0 Å². The molecule has 0 saturated heterocycles. The first kappa shape index (κ1) is 27.3. The Bertz CT molecular complexity index is 946. The predicted octanol–water partition coefficient (Wildman–Crippen LogP) is 5.61. The van der Waals surface area contributed by atoms with Crippen molar-refractivity contribution in [3.05, 3.63) is 40.7 Å². The standard InChI is InChI=1S/C29H45N3O3/c1-3-31(4-2)19-20-32(23-24-12-8-6-5-7-9-13-24)29(34)14-10-11-21-35-26-16-17-27-25(22-26)15-18-28(33)30-27/h15-18,22,24H,3-14,19-21,23H2,1-2H3,(H,30,33). The minimum atomic E-state index is -0.100. The highest BCUT2D eigenvalue weighted by Crippen LogP contribution is 2.24. The normalized spacial score (nSPS) is 15.2. The van der Waals surface area contributed by atoms with Crippen molar-refractivity contribution in [2.75, 3.05) is 39.3 Å². The van der Waals surface area contributed by atoms with Crippen molar-refractivity contribution < 1.29 is 9.53 Å². The topological polar surface area (TPSA) is 65.6 Å². The van der Waals surface area contributed by atoms with Crippen LogP contribution in [0, 0.1) is 5.92 Å². The Hall–Kier alpha value is -2.34. The van der Waals surface area contributed by atoms with E-state index in [0.717, 1.165) is 62.2 Å². The highest BCUT2D eigenvalue weighted by atomic mass is 16.5. The molecule has 0 unspecified atom stereocenters. The van der Waals surface area contributed by atoms with E-state index < -0.39 is 0 Å². The van der Waals surface area contributed by atoms with E-state index in [4.69, 9.17) is 4.74 Å². The van der Waals surface area contributed by atoms with Crippen LogP contribution in [0.4, 0.5) is 0 Å². The van der Waals surface area contributed by atoms with E-state index in [1.165, 1.54) is 51.0 Å². The second-order valence-corrected chi connectivity index (χ2v) is 9.95. The highest BCUT2D eigenvalue weighted by molar-refractivity contribution is 5.79. The van der Waals surface area contributed by atoms with Crippen LogP contribution in [0.15, 0.2) is 35.1 Å². The summed E-state index contributed by atoms with van der Waals surface area (Å²) in [6, 6.07) is 9.04. The molecule has 1 saturated carbocycles. The number of nitrogens with zero attached hydrogens (tertiary/aromatic N) is 2. The van der Waals surface area contributed by atoms with Gasteiger partial charge in [0.05, 0.1) is 6.61 Å². The van der Waals surface area contributed by atoms with Gasteiger partial charge < -0.3 is 19.5 Å². The van der Waals surface area contributed by atoms with Gasteiger partial charge in [-0.15, -0.1) is 0 Å². The van der Waals surface area contributed by atoms with Crippen molar-refractivity contribution >= 4 is 16.8 Å². The first-order valence-electron chi connectivity index (χ1n) is 13.8. The van der Waals surface area contributed by atoms with Gasteiger partial charge in [0.2, 0.25) is 11.5 Å². The molecule has 0 bridgehead atoms. The van der Waals surface area contributed by atoms with Crippen LogP contribution in [0.1, 0.15) is 78.1 Å². The number of nitrogens with one attached hydrogen (secondary N) is 1. The number of ether oxygens (including phenoxy) is 1. The average Bonchev–Trinajstić information content (AvgIpc) is 2.84. The van der Waals surface area contributed by atoms with Crippen LogP contribution >= 0.6 is 0 Å². The molecule has 1 aromatic carbocycles. The molecule has 3 rings (SSSR count). The molecule has 1 heterocycles. The molecule has 1 amide bonds. The molecule has 0 atom stereocenters. The van der Waals surface area contributed by atoms with Crippen molar-refractivity contribution in [3.63, 3.8) is 0 Å². The monoisotopic (exact) mass is 483 g/mol. The Morgan fingerprint density at radius 3 is 2.46 bits per heavy atom. The van der Waals surface area contributed by atoms with Crippen LogP contribution in [-0.2, 0) is 4.79 Å². The molecule has 194 valence electrons. The van der Waals surface area contributed by atoms with Crippen molar-refractivity contribution in [2.24, 2.45) is 5.92 Å². The van der Waals surface area contributed by atoms with E-state index in [0.29, 0.717) is 24.9 Å². The first-order valence-corrected chi connectivity index (χ1v) is 13.8. The van der Waals surface area contributed by atoms with Gasteiger partial charge in [-0.2, -0.15) is 0 Å². The maximum absolute atomic E-state index is 13.2. The highest BCUT2D eigenvalue weighted by Gasteiger charge is 2.20.